The van der Waals surface area contributed by atoms with Gasteiger partial charge in [-0.05, 0) is 48.9 Å². The molecule has 0 unspecified atom stereocenters. The fourth-order valence-corrected chi connectivity index (χ4v) is 4.33. The summed E-state index contributed by atoms with van der Waals surface area (Å²) in [7, 11) is 0. The number of fused-ring (bicyclic) bond motifs is 1. The zero-order chi connectivity index (χ0) is 18.6. The number of ketones is 1. The van der Waals surface area contributed by atoms with Crippen LogP contribution in [0.5, 0.6) is 0 Å². The Bertz CT molecular complexity index is 919. The third kappa shape index (κ3) is 4.03. The first-order valence-corrected chi connectivity index (χ1v) is 9.84. The van der Waals surface area contributed by atoms with Gasteiger partial charge >= 0.3 is 0 Å². The zero-order valence-electron chi connectivity index (χ0n) is 14.7. The fourth-order valence-electron chi connectivity index (χ4n) is 3.41. The lowest BCUT2D eigenvalue weighted by Crippen LogP contribution is -2.26. The number of thioether (sulfide) groups is 1. The number of rotatable bonds is 5. The monoisotopic (exact) mass is 381 g/mol. The molecule has 1 saturated heterocycles. The molecule has 1 fully saturated rings. The standard InChI is InChI=1S/C20H19N3O3S/c24-17(16-9-3-6-13-5-1-2-8-15(13)16)11-18-19(25)22-20(27-18)23-21-12-14-7-4-10-26-14/h3-4,6-7,9-10,12,18H,1-2,5,8,11H2,(H,22,23,25)/t18-/m0/s1. The summed E-state index contributed by atoms with van der Waals surface area (Å²) in [6, 6.07) is 9.43. The number of nitrogens with zero attached hydrogens (tertiary/aromatic N) is 2. The van der Waals surface area contributed by atoms with Crippen molar-refractivity contribution in [3.05, 3.63) is 59.0 Å². The largest absolute Gasteiger partial charge is 0.463 e. The molecule has 1 aromatic heterocycles. The van der Waals surface area contributed by atoms with Crippen LogP contribution in [-0.2, 0) is 17.6 Å². The van der Waals surface area contributed by atoms with Gasteiger partial charge in [0, 0.05) is 12.0 Å². The fraction of sp³-hybridized carbons (Fsp3) is 0.300. The first kappa shape index (κ1) is 17.7. The normalized spacial score (nSPS) is 20.8. The van der Waals surface area contributed by atoms with Crippen molar-refractivity contribution >= 4 is 34.8 Å². The van der Waals surface area contributed by atoms with Crippen LogP contribution >= 0.6 is 11.8 Å². The lowest BCUT2D eigenvalue weighted by Gasteiger charge is -2.19. The Morgan fingerprint density at radius 3 is 3.00 bits per heavy atom. The molecule has 1 atom stereocenters. The van der Waals surface area contributed by atoms with Crippen LogP contribution in [0, 0.1) is 0 Å². The highest BCUT2D eigenvalue weighted by molar-refractivity contribution is 8.15. The lowest BCUT2D eigenvalue weighted by molar-refractivity contribution is -0.118. The quantitative estimate of drug-likeness (QED) is 0.489. The van der Waals surface area contributed by atoms with Gasteiger partial charge in [0.2, 0.25) is 5.91 Å². The van der Waals surface area contributed by atoms with Crippen LogP contribution in [0.3, 0.4) is 0 Å². The number of amides is 1. The van der Waals surface area contributed by atoms with Gasteiger partial charge in [-0.2, -0.15) is 5.10 Å². The third-order valence-electron chi connectivity index (χ3n) is 4.72. The van der Waals surface area contributed by atoms with Gasteiger partial charge in [-0.3, -0.25) is 9.59 Å². The topological polar surface area (TPSA) is 84.0 Å². The Morgan fingerprint density at radius 2 is 2.15 bits per heavy atom. The number of hydrogen-bond donors (Lipinski definition) is 1. The minimum Gasteiger partial charge on any atom is -0.463 e. The van der Waals surface area contributed by atoms with E-state index in [9.17, 15) is 9.59 Å². The highest BCUT2D eigenvalue weighted by Gasteiger charge is 2.33. The van der Waals surface area contributed by atoms with Crippen molar-refractivity contribution in [2.45, 2.75) is 37.4 Å². The van der Waals surface area contributed by atoms with E-state index in [2.05, 4.69) is 21.6 Å². The Kier molecular flexibility index (Phi) is 5.20. The van der Waals surface area contributed by atoms with E-state index in [0.29, 0.717) is 10.9 Å². The first-order chi connectivity index (χ1) is 13.2. The molecule has 0 spiro atoms. The maximum absolute atomic E-state index is 12.8. The number of aryl methyl sites for hydroxylation is 1. The van der Waals surface area contributed by atoms with Gasteiger partial charge in [-0.15, -0.1) is 5.10 Å². The summed E-state index contributed by atoms with van der Waals surface area (Å²) in [6.07, 6.45) is 7.42. The molecule has 1 aromatic carbocycles. The van der Waals surface area contributed by atoms with Gasteiger partial charge in [0.15, 0.2) is 11.0 Å². The van der Waals surface area contributed by atoms with E-state index >= 15 is 0 Å². The second-order valence-electron chi connectivity index (χ2n) is 6.54. The van der Waals surface area contributed by atoms with Crippen LogP contribution in [0.15, 0.2) is 51.2 Å². The van der Waals surface area contributed by atoms with E-state index in [1.165, 1.54) is 30.0 Å². The Balaban J connectivity index is 1.42. The van der Waals surface area contributed by atoms with E-state index < -0.39 is 5.25 Å². The number of nitrogens with one attached hydrogen (secondary N) is 1. The summed E-state index contributed by atoms with van der Waals surface area (Å²) >= 11 is 1.24. The van der Waals surface area contributed by atoms with Crippen molar-refractivity contribution in [1.82, 2.24) is 5.32 Å². The van der Waals surface area contributed by atoms with Gasteiger partial charge < -0.3 is 9.73 Å². The zero-order valence-corrected chi connectivity index (χ0v) is 15.5. The molecule has 7 heteroatoms. The number of carbonyl (C=O) groups excluding carboxylic acids is 2. The van der Waals surface area contributed by atoms with Crippen molar-refractivity contribution < 1.29 is 14.0 Å². The smallest absolute Gasteiger partial charge is 0.240 e. The predicted molar refractivity (Wildman–Crippen MR) is 105 cm³/mol. The van der Waals surface area contributed by atoms with Gasteiger partial charge in [0.25, 0.3) is 0 Å². The molecule has 1 aliphatic heterocycles. The van der Waals surface area contributed by atoms with Gasteiger partial charge in [-0.25, -0.2) is 0 Å². The van der Waals surface area contributed by atoms with Crippen LogP contribution in [0.25, 0.3) is 0 Å². The summed E-state index contributed by atoms with van der Waals surface area (Å²) in [6.45, 7) is 0. The van der Waals surface area contributed by atoms with E-state index in [1.54, 1.807) is 18.4 Å². The number of Topliss-reactive ketones (excluding diaryl/α,β-unsaturated/α-hetero) is 1. The minimum atomic E-state index is -0.477. The molecular formula is C20H19N3O3S. The summed E-state index contributed by atoms with van der Waals surface area (Å²) in [5, 5.41) is 10.5. The average Bonchev–Trinajstić information content (AvgIpc) is 3.31. The second-order valence-corrected chi connectivity index (χ2v) is 7.73. The van der Waals surface area contributed by atoms with Crippen molar-refractivity contribution in [1.29, 1.82) is 0 Å². The molecule has 27 heavy (non-hydrogen) atoms. The summed E-state index contributed by atoms with van der Waals surface area (Å²) in [4.78, 5) is 25.0. The number of carbonyl (C=O) groups is 2. The van der Waals surface area contributed by atoms with Crippen molar-refractivity contribution in [3.63, 3.8) is 0 Å². The summed E-state index contributed by atoms with van der Waals surface area (Å²) in [5.74, 6) is 0.390. The molecule has 2 heterocycles. The molecule has 4 rings (SSSR count). The van der Waals surface area contributed by atoms with Gasteiger partial charge in [0.1, 0.15) is 5.76 Å². The predicted octanol–water partition coefficient (Wildman–Crippen LogP) is 3.35. The summed E-state index contributed by atoms with van der Waals surface area (Å²) in [5.41, 5.74) is 3.20. The van der Waals surface area contributed by atoms with E-state index in [-0.39, 0.29) is 18.1 Å². The Labute approximate surface area is 161 Å². The average molecular weight is 381 g/mol. The van der Waals surface area contributed by atoms with Crippen LogP contribution in [0.1, 0.15) is 46.5 Å². The molecule has 1 N–H and O–H groups in total. The molecule has 2 aromatic rings. The minimum absolute atomic E-state index is 0.0155. The molecule has 2 aliphatic rings. The maximum atomic E-state index is 12.8. The van der Waals surface area contributed by atoms with Crippen molar-refractivity contribution in [2.24, 2.45) is 10.2 Å². The van der Waals surface area contributed by atoms with E-state index in [4.69, 9.17) is 4.42 Å². The van der Waals surface area contributed by atoms with E-state index in [0.717, 1.165) is 30.4 Å². The van der Waals surface area contributed by atoms with Crippen molar-refractivity contribution in [2.75, 3.05) is 0 Å². The van der Waals surface area contributed by atoms with Crippen LogP contribution in [-0.4, -0.2) is 28.3 Å². The Morgan fingerprint density at radius 1 is 1.26 bits per heavy atom. The summed E-state index contributed by atoms with van der Waals surface area (Å²) < 4.78 is 5.13. The molecule has 0 bridgehead atoms. The molecule has 6 nitrogen and oxygen atoms in total. The maximum Gasteiger partial charge on any atom is 0.240 e. The van der Waals surface area contributed by atoms with Crippen molar-refractivity contribution in [3.8, 4) is 0 Å². The number of benzene rings is 1. The first-order valence-electron chi connectivity index (χ1n) is 8.97. The van der Waals surface area contributed by atoms with Crippen LogP contribution < -0.4 is 5.32 Å². The van der Waals surface area contributed by atoms with Gasteiger partial charge in [-0.1, -0.05) is 30.0 Å². The molecular weight excluding hydrogens is 362 g/mol. The molecule has 0 saturated carbocycles. The molecule has 1 aliphatic carbocycles. The number of hydrogen-bond acceptors (Lipinski definition) is 6. The molecule has 138 valence electrons. The third-order valence-corrected chi connectivity index (χ3v) is 5.79. The van der Waals surface area contributed by atoms with E-state index in [1.807, 2.05) is 12.1 Å². The van der Waals surface area contributed by atoms with Crippen LogP contribution in [0.2, 0.25) is 0 Å². The highest BCUT2D eigenvalue weighted by Crippen LogP contribution is 2.28. The molecule has 0 radical (unpaired) electrons. The highest BCUT2D eigenvalue weighted by atomic mass is 32.2. The van der Waals surface area contributed by atoms with Gasteiger partial charge in [0.05, 0.1) is 17.7 Å². The number of amidine groups is 1. The second kappa shape index (κ2) is 7.92. The Hall–Kier alpha value is -2.67. The number of furan rings is 1. The SMILES string of the molecule is O=C(C[C@@H]1S/C(=N/N=Cc2ccco2)NC1=O)c1cccc2c1CCCC2. The van der Waals surface area contributed by atoms with Crippen LogP contribution in [0.4, 0.5) is 0 Å². The molecule has 1 amide bonds. The lowest BCUT2D eigenvalue weighted by atomic mass is 9.86.